The molecular weight excluding hydrogens is 373 g/mol. The first-order chi connectivity index (χ1) is 12.1. The van der Waals surface area contributed by atoms with Crippen LogP contribution in [0.1, 0.15) is 50.4 Å². The second-order valence-corrected chi connectivity index (χ2v) is 8.74. The van der Waals surface area contributed by atoms with Crippen LogP contribution < -0.4 is 10.7 Å². The average Bonchev–Trinajstić information content (AvgIpc) is 2.91. The highest BCUT2D eigenvalue weighted by molar-refractivity contribution is 6.36. The lowest BCUT2D eigenvalue weighted by atomic mass is 9.70. The van der Waals surface area contributed by atoms with Crippen LogP contribution in [0.3, 0.4) is 0 Å². The van der Waals surface area contributed by atoms with Crippen LogP contribution in [0.25, 0.3) is 0 Å². The molecule has 2 saturated carbocycles. The fraction of sp³-hybridized carbons (Fsp3) is 0.526. The number of carbonyl (C=O) groups excluding carboxylic acids is 2. The SMILES string of the molecule is CC1(C)[C@H]2CC[C@@]1(C)/C(=N/NC(=O)CNC(=O)c1ccc(Cl)cc1Cl)C2. The van der Waals surface area contributed by atoms with Crippen LogP contribution in [0, 0.1) is 16.7 Å². The smallest absolute Gasteiger partial charge is 0.259 e. The van der Waals surface area contributed by atoms with E-state index in [0.717, 1.165) is 18.6 Å². The van der Waals surface area contributed by atoms with Gasteiger partial charge in [0, 0.05) is 16.1 Å². The van der Waals surface area contributed by atoms with Crippen molar-refractivity contribution < 1.29 is 9.59 Å². The summed E-state index contributed by atoms with van der Waals surface area (Å²) in [5.41, 5.74) is 4.15. The Morgan fingerprint density at radius 2 is 2.00 bits per heavy atom. The third kappa shape index (κ3) is 3.23. The molecule has 3 rings (SSSR count). The van der Waals surface area contributed by atoms with Crippen molar-refractivity contribution in [3.8, 4) is 0 Å². The molecule has 26 heavy (non-hydrogen) atoms. The van der Waals surface area contributed by atoms with E-state index >= 15 is 0 Å². The third-order valence-corrected chi connectivity index (χ3v) is 6.96. The normalized spacial score (nSPS) is 27.6. The van der Waals surface area contributed by atoms with Gasteiger partial charge in [-0.05, 0) is 48.8 Å². The van der Waals surface area contributed by atoms with E-state index < -0.39 is 5.91 Å². The Labute approximate surface area is 163 Å². The van der Waals surface area contributed by atoms with Crippen molar-refractivity contribution in [3.05, 3.63) is 33.8 Å². The van der Waals surface area contributed by atoms with Crippen LogP contribution in [0.4, 0.5) is 0 Å². The van der Waals surface area contributed by atoms with E-state index in [0.29, 0.717) is 10.9 Å². The van der Waals surface area contributed by atoms with Crippen LogP contribution in [-0.2, 0) is 4.79 Å². The Hall–Kier alpha value is -1.59. The van der Waals surface area contributed by atoms with Gasteiger partial charge in [-0.25, -0.2) is 5.43 Å². The van der Waals surface area contributed by atoms with Crippen molar-refractivity contribution >= 4 is 40.7 Å². The summed E-state index contributed by atoms with van der Waals surface area (Å²) in [5, 5.41) is 7.61. The lowest BCUT2D eigenvalue weighted by Crippen LogP contribution is -2.37. The molecule has 2 fully saturated rings. The maximum atomic E-state index is 12.1. The topological polar surface area (TPSA) is 70.6 Å². The molecule has 2 atom stereocenters. The molecule has 5 nitrogen and oxygen atoms in total. The predicted octanol–water partition coefficient (Wildman–Crippen LogP) is 4.04. The Balaban J connectivity index is 1.56. The fourth-order valence-corrected chi connectivity index (χ4v) is 4.69. The summed E-state index contributed by atoms with van der Waals surface area (Å²) < 4.78 is 0. The molecule has 2 aliphatic rings. The summed E-state index contributed by atoms with van der Waals surface area (Å²) in [5.74, 6) is -0.169. The Kier molecular flexibility index (Phi) is 5.06. The van der Waals surface area contributed by atoms with E-state index in [9.17, 15) is 9.59 Å². The standard InChI is InChI=1S/C19H23Cl2N3O2/c1-18(2)11-6-7-19(18,3)15(8-11)23-24-16(25)10-22-17(26)13-5-4-12(20)9-14(13)21/h4-5,9,11H,6-8,10H2,1-3H3,(H,22,26)(H,24,25)/b23-15+/t11-,19-/m0/s1. The number of amides is 2. The second-order valence-electron chi connectivity index (χ2n) is 7.89. The van der Waals surface area contributed by atoms with Gasteiger partial charge in [-0.3, -0.25) is 9.59 Å². The Morgan fingerprint density at radius 3 is 2.58 bits per heavy atom. The maximum Gasteiger partial charge on any atom is 0.259 e. The molecule has 0 heterocycles. The summed E-state index contributed by atoms with van der Waals surface area (Å²) in [7, 11) is 0. The average molecular weight is 396 g/mol. The number of rotatable bonds is 4. The molecule has 0 spiro atoms. The zero-order valence-electron chi connectivity index (χ0n) is 15.2. The number of nitrogens with one attached hydrogen (secondary N) is 2. The molecule has 140 valence electrons. The highest BCUT2D eigenvalue weighted by atomic mass is 35.5. The number of fused-ring (bicyclic) bond motifs is 2. The van der Waals surface area contributed by atoms with Crippen molar-refractivity contribution in [2.45, 2.75) is 40.0 Å². The van der Waals surface area contributed by atoms with Crippen LogP contribution in [0.2, 0.25) is 10.0 Å². The Bertz CT molecular complexity index is 791. The van der Waals surface area contributed by atoms with Gasteiger partial charge in [-0.15, -0.1) is 0 Å². The molecule has 0 unspecified atom stereocenters. The molecule has 0 aromatic heterocycles. The zero-order chi connectivity index (χ0) is 19.1. The van der Waals surface area contributed by atoms with Gasteiger partial charge in [0.1, 0.15) is 0 Å². The first-order valence-electron chi connectivity index (χ1n) is 8.74. The van der Waals surface area contributed by atoms with E-state index in [2.05, 4.69) is 36.6 Å². The first kappa shape index (κ1) is 19.2. The van der Waals surface area contributed by atoms with Gasteiger partial charge in [-0.2, -0.15) is 5.10 Å². The molecular formula is C19H23Cl2N3O2. The minimum atomic E-state index is -0.428. The molecule has 0 saturated heterocycles. The summed E-state index contributed by atoms with van der Waals surface area (Å²) in [4.78, 5) is 24.2. The van der Waals surface area contributed by atoms with E-state index in [1.54, 1.807) is 6.07 Å². The maximum absolute atomic E-state index is 12.1. The number of carbonyl (C=O) groups is 2. The van der Waals surface area contributed by atoms with Gasteiger partial charge in [0.05, 0.1) is 17.1 Å². The molecule has 7 heteroatoms. The van der Waals surface area contributed by atoms with Crippen molar-refractivity contribution in [3.63, 3.8) is 0 Å². The van der Waals surface area contributed by atoms with E-state index in [4.69, 9.17) is 23.2 Å². The van der Waals surface area contributed by atoms with Gasteiger partial charge in [0.25, 0.3) is 11.8 Å². The number of hydrazone groups is 1. The van der Waals surface area contributed by atoms with Gasteiger partial charge in [0.15, 0.2) is 0 Å². The van der Waals surface area contributed by atoms with Crippen LogP contribution >= 0.6 is 23.2 Å². The number of nitrogens with zero attached hydrogens (tertiary/aromatic N) is 1. The van der Waals surface area contributed by atoms with Gasteiger partial charge in [0.2, 0.25) is 0 Å². The van der Waals surface area contributed by atoms with E-state index in [1.165, 1.54) is 18.6 Å². The molecule has 2 aliphatic carbocycles. The van der Waals surface area contributed by atoms with Gasteiger partial charge in [-0.1, -0.05) is 44.0 Å². The number of halogens is 2. The lowest BCUT2D eigenvalue weighted by molar-refractivity contribution is -0.120. The van der Waals surface area contributed by atoms with Crippen LogP contribution in [0.5, 0.6) is 0 Å². The molecule has 0 aliphatic heterocycles. The number of hydrogen-bond acceptors (Lipinski definition) is 3. The van der Waals surface area contributed by atoms with Crippen molar-refractivity contribution in [2.24, 2.45) is 21.8 Å². The fourth-order valence-electron chi connectivity index (χ4n) is 4.20. The van der Waals surface area contributed by atoms with Crippen molar-refractivity contribution in [2.75, 3.05) is 6.54 Å². The summed E-state index contributed by atoms with van der Waals surface area (Å²) >= 11 is 11.8. The largest absolute Gasteiger partial charge is 0.343 e. The van der Waals surface area contributed by atoms with Gasteiger partial charge >= 0.3 is 0 Å². The van der Waals surface area contributed by atoms with Crippen molar-refractivity contribution in [1.29, 1.82) is 0 Å². The lowest BCUT2D eigenvalue weighted by Gasteiger charge is -2.34. The van der Waals surface area contributed by atoms with Crippen LogP contribution in [-0.4, -0.2) is 24.1 Å². The molecule has 1 aromatic rings. The molecule has 0 radical (unpaired) electrons. The summed E-state index contributed by atoms with van der Waals surface area (Å²) in [6.45, 7) is 6.63. The molecule has 2 N–H and O–H groups in total. The second kappa shape index (κ2) is 6.86. The summed E-state index contributed by atoms with van der Waals surface area (Å²) in [6, 6.07) is 4.59. The van der Waals surface area contributed by atoms with E-state index in [-0.39, 0.29) is 33.9 Å². The zero-order valence-corrected chi connectivity index (χ0v) is 16.7. The quantitative estimate of drug-likeness (QED) is 0.754. The van der Waals surface area contributed by atoms with Crippen LogP contribution in [0.15, 0.2) is 23.3 Å². The minimum absolute atomic E-state index is 0.0328. The molecule has 2 amide bonds. The summed E-state index contributed by atoms with van der Waals surface area (Å²) in [6.07, 6.45) is 3.25. The predicted molar refractivity (Wildman–Crippen MR) is 104 cm³/mol. The number of benzene rings is 1. The molecule has 1 aromatic carbocycles. The minimum Gasteiger partial charge on any atom is -0.343 e. The highest BCUT2D eigenvalue weighted by Crippen LogP contribution is 2.63. The third-order valence-electron chi connectivity index (χ3n) is 6.41. The van der Waals surface area contributed by atoms with E-state index in [1.807, 2.05) is 0 Å². The van der Waals surface area contributed by atoms with Crippen molar-refractivity contribution in [1.82, 2.24) is 10.7 Å². The first-order valence-corrected chi connectivity index (χ1v) is 9.50. The number of hydrogen-bond donors (Lipinski definition) is 2. The highest BCUT2D eigenvalue weighted by Gasteiger charge is 2.59. The monoisotopic (exact) mass is 395 g/mol. The molecule has 2 bridgehead atoms. The Morgan fingerprint density at radius 1 is 1.27 bits per heavy atom. The van der Waals surface area contributed by atoms with Gasteiger partial charge < -0.3 is 5.32 Å².